The Hall–Kier alpha value is -4.00. The quantitative estimate of drug-likeness (QED) is 0.438. The summed E-state index contributed by atoms with van der Waals surface area (Å²) in [6.45, 7) is 0.936. The van der Waals surface area contributed by atoms with Crippen molar-refractivity contribution in [3.05, 3.63) is 79.1 Å². The minimum atomic E-state index is -0.255. The van der Waals surface area contributed by atoms with Crippen molar-refractivity contribution in [1.82, 2.24) is 20.3 Å². The Bertz CT molecular complexity index is 1120. The number of hydrogen-bond donors (Lipinski definition) is 3. The van der Waals surface area contributed by atoms with Crippen LogP contribution in [-0.4, -0.2) is 34.1 Å². The Morgan fingerprint density at radius 3 is 2.62 bits per heavy atom. The summed E-state index contributed by atoms with van der Waals surface area (Å²) < 4.78 is 0. The molecule has 0 aliphatic rings. The van der Waals surface area contributed by atoms with Gasteiger partial charge < -0.3 is 16.0 Å². The SMILES string of the molecule is O=C(NCCNc1nccc(-c2cnc3ccccc3c2)n1)Nc1ccccc1. The number of pyridine rings is 1. The van der Waals surface area contributed by atoms with Gasteiger partial charge in [0.1, 0.15) is 0 Å². The van der Waals surface area contributed by atoms with Gasteiger partial charge in [0.15, 0.2) is 0 Å². The van der Waals surface area contributed by atoms with Crippen molar-refractivity contribution in [1.29, 1.82) is 0 Å². The molecular formula is C22H20N6O. The summed E-state index contributed by atoms with van der Waals surface area (Å²) >= 11 is 0. The summed E-state index contributed by atoms with van der Waals surface area (Å²) in [5, 5.41) is 9.75. The van der Waals surface area contributed by atoms with Crippen LogP contribution >= 0.6 is 0 Å². The van der Waals surface area contributed by atoms with E-state index in [0.29, 0.717) is 19.0 Å². The van der Waals surface area contributed by atoms with Gasteiger partial charge in [-0.3, -0.25) is 4.98 Å². The molecule has 0 aliphatic carbocycles. The molecule has 0 saturated heterocycles. The molecule has 4 aromatic rings. The molecule has 0 aliphatic heterocycles. The fourth-order valence-electron chi connectivity index (χ4n) is 2.86. The summed E-state index contributed by atoms with van der Waals surface area (Å²) in [6, 6.07) is 20.9. The van der Waals surface area contributed by atoms with Crippen LogP contribution in [0.1, 0.15) is 0 Å². The van der Waals surface area contributed by atoms with Gasteiger partial charge in [-0.1, -0.05) is 36.4 Å². The number of aromatic nitrogens is 3. The van der Waals surface area contributed by atoms with Crippen LogP contribution < -0.4 is 16.0 Å². The number of hydrogen-bond acceptors (Lipinski definition) is 5. The van der Waals surface area contributed by atoms with Gasteiger partial charge in [-0.15, -0.1) is 0 Å². The van der Waals surface area contributed by atoms with Crippen LogP contribution in [-0.2, 0) is 0 Å². The zero-order valence-electron chi connectivity index (χ0n) is 15.7. The van der Waals surface area contributed by atoms with Crippen molar-refractivity contribution in [2.75, 3.05) is 23.7 Å². The first-order chi connectivity index (χ1) is 14.3. The summed E-state index contributed by atoms with van der Waals surface area (Å²) in [5.74, 6) is 0.501. The molecular weight excluding hydrogens is 364 g/mol. The second-order valence-electron chi connectivity index (χ2n) is 6.36. The maximum atomic E-state index is 11.9. The molecule has 29 heavy (non-hydrogen) atoms. The minimum absolute atomic E-state index is 0.255. The van der Waals surface area contributed by atoms with Gasteiger partial charge >= 0.3 is 6.03 Å². The molecule has 2 aromatic carbocycles. The van der Waals surface area contributed by atoms with Crippen LogP contribution in [0.25, 0.3) is 22.2 Å². The molecule has 0 unspecified atom stereocenters. The summed E-state index contributed by atoms with van der Waals surface area (Å²) in [7, 11) is 0. The number of para-hydroxylation sites is 2. The Morgan fingerprint density at radius 1 is 0.897 bits per heavy atom. The van der Waals surface area contributed by atoms with E-state index in [0.717, 1.165) is 27.8 Å². The van der Waals surface area contributed by atoms with Gasteiger partial charge in [0.25, 0.3) is 0 Å². The number of carbonyl (C=O) groups excluding carboxylic acids is 1. The molecule has 0 atom stereocenters. The standard InChI is InChI=1S/C22H20N6O/c29-22(27-18-7-2-1-3-8-18)25-13-12-24-21-23-11-10-20(28-21)17-14-16-6-4-5-9-19(16)26-15-17/h1-11,14-15H,12-13H2,(H,23,24,28)(H2,25,27,29). The highest BCUT2D eigenvalue weighted by atomic mass is 16.2. The molecule has 2 aromatic heterocycles. The number of rotatable bonds is 6. The van der Waals surface area contributed by atoms with Gasteiger partial charge in [0.05, 0.1) is 11.2 Å². The number of nitrogens with zero attached hydrogens (tertiary/aromatic N) is 3. The Kier molecular flexibility index (Phi) is 5.57. The van der Waals surface area contributed by atoms with Crippen molar-refractivity contribution < 1.29 is 4.79 Å². The predicted molar refractivity (Wildman–Crippen MR) is 115 cm³/mol. The Morgan fingerprint density at radius 2 is 1.72 bits per heavy atom. The molecule has 3 N–H and O–H groups in total. The third-order valence-corrected chi connectivity index (χ3v) is 4.27. The number of benzene rings is 2. The molecule has 2 amide bonds. The van der Waals surface area contributed by atoms with Crippen molar-refractivity contribution in [2.45, 2.75) is 0 Å². The van der Waals surface area contributed by atoms with E-state index >= 15 is 0 Å². The fraction of sp³-hybridized carbons (Fsp3) is 0.0909. The smallest absolute Gasteiger partial charge is 0.319 e. The zero-order chi connectivity index (χ0) is 19.9. The first-order valence-corrected chi connectivity index (χ1v) is 9.30. The molecule has 0 spiro atoms. The molecule has 7 heteroatoms. The molecule has 0 radical (unpaired) electrons. The van der Waals surface area contributed by atoms with E-state index in [1.54, 1.807) is 6.20 Å². The normalized spacial score (nSPS) is 10.5. The van der Waals surface area contributed by atoms with E-state index in [1.807, 2.05) is 66.9 Å². The van der Waals surface area contributed by atoms with Crippen molar-refractivity contribution in [3.63, 3.8) is 0 Å². The average Bonchev–Trinajstić information content (AvgIpc) is 2.77. The molecule has 4 rings (SSSR count). The molecule has 0 saturated carbocycles. The Balaban J connectivity index is 1.32. The van der Waals surface area contributed by atoms with Crippen molar-refractivity contribution in [2.24, 2.45) is 0 Å². The van der Waals surface area contributed by atoms with Crippen LogP contribution in [0.3, 0.4) is 0 Å². The lowest BCUT2D eigenvalue weighted by Gasteiger charge is -2.09. The van der Waals surface area contributed by atoms with E-state index in [-0.39, 0.29) is 6.03 Å². The van der Waals surface area contributed by atoms with E-state index in [4.69, 9.17) is 0 Å². The van der Waals surface area contributed by atoms with Gasteiger partial charge in [0, 0.05) is 42.1 Å². The second-order valence-corrected chi connectivity index (χ2v) is 6.36. The lowest BCUT2D eigenvalue weighted by Crippen LogP contribution is -2.32. The summed E-state index contributed by atoms with van der Waals surface area (Å²) in [4.78, 5) is 25.1. The van der Waals surface area contributed by atoms with Gasteiger partial charge in [-0.25, -0.2) is 14.8 Å². The highest BCUT2D eigenvalue weighted by Gasteiger charge is 2.05. The maximum absolute atomic E-state index is 11.9. The highest BCUT2D eigenvalue weighted by molar-refractivity contribution is 5.89. The lowest BCUT2D eigenvalue weighted by atomic mass is 10.1. The van der Waals surface area contributed by atoms with Crippen LogP contribution in [0.2, 0.25) is 0 Å². The largest absolute Gasteiger partial charge is 0.352 e. The number of anilines is 2. The summed E-state index contributed by atoms with van der Waals surface area (Å²) in [5.41, 5.74) is 3.41. The van der Waals surface area contributed by atoms with Crippen LogP contribution in [0, 0.1) is 0 Å². The molecule has 2 heterocycles. The van der Waals surface area contributed by atoms with E-state index in [2.05, 4.69) is 37.0 Å². The first-order valence-electron chi connectivity index (χ1n) is 9.30. The second kappa shape index (κ2) is 8.79. The van der Waals surface area contributed by atoms with Crippen LogP contribution in [0.5, 0.6) is 0 Å². The third kappa shape index (κ3) is 4.84. The number of carbonyl (C=O) groups is 1. The average molecular weight is 384 g/mol. The molecule has 0 fully saturated rings. The molecule has 0 bridgehead atoms. The number of amides is 2. The van der Waals surface area contributed by atoms with Gasteiger partial charge in [0.2, 0.25) is 5.95 Å². The minimum Gasteiger partial charge on any atom is -0.352 e. The van der Waals surface area contributed by atoms with E-state index < -0.39 is 0 Å². The summed E-state index contributed by atoms with van der Waals surface area (Å²) in [6.07, 6.45) is 3.51. The maximum Gasteiger partial charge on any atom is 0.319 e. The van der Waals surface area contributed by atoms with Crippen molar-refractivity contribution in [3.8, 4) is 11.3 Å². The fourth-order valence-corrected chi connectivity index (χ4v) is 2.86. The van der Waals surface area contributed by atoms with Gasteiger partial charge in [-0.05, 0) is 30.3 Å². The van der Waals surface area contributed by atoms with Crippen LogP contribution in [0.4, 0.5) is 16.4 Å². The number of nitrogens with one attached hydrogen (secondary N) is 3. The van der Waals surface area contributed by atoms with E-state index in [9.17, 15) is 4.79 Å². The predicted octanol–water partition coefficient (Wildman–Crippen LogP) is 3.93. The van der Waals surface area contributed by atoms with Gasteiger partial charge in [-0.2, -0.15) is 0 Å². The first kappa shape index (κ1) is 18.4. The zero-order valence-corrected chi connectivity index (χ0v) is 15.7. The highest BCUT2D eigenvalue weighted by Crippen LogP contribution is 2.21. The number of fused-ring (bicyclic) bond motifs is 1. The number of urea groups is 1. The lowest BCUT2D eigenvalue weighted by molar-refractivity contribution is 0.252. The Labute approximate surface area is 168 Å². The van der Waals surface area contributed by atoms with E-state index in [1.165, 1.54) is 0 Å². The molecule has 7 nitrogen and oxygen atoms in total. The third-order valence-electron chi connectivity index (χ3n) is 4.27. The monoisotopic (exact) mass is 384 g/mol. The van der Waals surface area contributed by atoms with Crippen molar-refractivity contribution >= 4 is 28.6 Å². The topological polar surface area (TPSA) is 91.8 Å². The van der Waals surface area contributed by atoms with Crippen LogP contribution in [0.15, 0.2) is 79.1 Å². The molecule has 144 valence electrons.